The van der Waals surface area contributed by atoms with Crippen molar-refractivity contribution in [1.29, 1.82) is 0 Å². The van der Waals surface area contributed by atoms with Crippen molar-refractivity contribution in [2.45, 2.75) is 56.9 Å². The minimum absolute atomic E-state index is 0.701. The first-order valence-corrected chi connectivity index (χ1v) is 22.2. The van der Waals surface area contributed by atoms with Crippen LogP contribution in [0.4, 0.5) is 0 Å². The molecule has 2 atom stereocenters. The predicted molar refractivity (Wildman–Crippen MR) is 235 cm³/mol. The standard InChI is InChI=1S/C51H46O5P2/c1-37-35-36-38(2)46(57(43-31-19-9-20-32-43)44-33-21-10-22-34-44)45(37)54-58-55-50(39-23-11-5-12-24-39,40-25-13-6-14-26-40)47-48(53-49(3,4)52-47)51(56-58,41-27-15-7-16-28-41)42-29-17-8-18-30-42/h5-36,47-48H,1-4H3/t47-,48-/m1/s1. The van der Waals surface area contributed by atoms with Gasteiger partial charge in [-0.05, 0) is 79.6 Å². The van der Waals surface area contributed by atoms with Crippen molar-refractivity contribution < 1.29 is 23.0 Å². The Morgan fingerprint density at radius 3 is 1.14 bits per heavy atom. The molecule has 0 saturated carbocycles. The van der Waals surface area contributed by atoms with E-state index in [1.165, 1.54) is 10.6 Å². The molecule has 2 aliphatic heterocycles. The first-order chi connectivity index (χ1) is 28.3. The first kappa shape index (κ1) is 38.6. The van der Waals surface area contributed by atoms with E-state index in [0.29, 0.717) is 0 Å². The summed E-state index contributed by atoms with van der Waals surface area (Å²) >= 11 is 0. The van der Waals surface area contributed by atoms with Crippen LogP contribution in [0, 0.1) is 13.8 Å². The van der Waals surface area contributed by atoms with Crippen LogP contribution in [0.25, 0.3) is 0 Å². The molecule has 0 radical (unpaired) electrons. The number of fused-ring (bicyclic) bond motifs is 1. The predicted octanol–water partition coefficient (Wildman–Crippen LogP) is 11.1. The fourth-order valence-electron chi connectivity index (χ4n) is 8.49. The summed E-state index contributed by atoms with van der Waals surface area (Å²) in [6.45, 7) is 8.23. The van der Waals surface area contributed by atoms with Crippen LogP contribution in [0.3, 0.4) is 0 Å². The highest BCUT2D eigenvalue weighted by atomic mass is 31.2. The lowest BCUT2D eigenvalue weighted by Gasteiger charge is -2.41. The molecule has 0 spiro atoms. The van der Waals surface area contributed by atoms with Gasteiger partial charge in [0.15, 0.2) is 17.0 Å². The Balaban J connectivity index is 1.33. The largest absolute Gasteiger partial charge is 0.426 e. The minimum atomic E-state index is -2.26. The molecule has 0 amide bonds. The van der Waals surface area contributed by atoms with Crippen molar-refractivity contribution in [3.8, 4) is 5.75 Å². The second-order valence-corrected chi connectivity index (χ2v) is 18.4. The summed E-state index contributed by atoms with van der Waals surface area (Å²) in [4.78, 5) is 0. The quantitative estimate of drug-likeness (QED) is 0.136. The maximum Gasteiger partial charge on any atom is 0.399 e. The van der Waals surface area contributed by atoms with E-state index in [-0.39, 0.29) is 0 Å². The van der Waals surface area contributed by atoms with Gasteiger partial charge in [0, 0.05) is 5.30 Å². The van der Waals surface area contributed by atoms with E-state index < -0.39 is 45.7 Å². The number of ether oxygens (including phenoxy) is 2. The Kier molecular flexibility index (Phi) is 10.6. The van der Waals surface area contributed by atoms with Gasteiger partial charge in [0.2, 0.25) is 0 Å². The van der Waals surface area contributed by atoms with E-state index in [9.17, 15) is 0 Å². The summed E-state index contributed by atoms with van der Waals surface area (Å²) in [5.74, 6) is -0.238. The van der Waals surface area contributed by atoms with E-state index in [0.717, 1.165) is 44.4 Å². The zero-order chi connectivity index (χ0) is 39.7. The summed E-state index contributed by atoms with van der Waals surface area (Å²) in [6, 6.07) is 67.2. The number of hydrogen-bond donors (Lipinski definition) is 0. The molecule has 0 N–H and O–H groups in total. The molecule has 2 aliphatic rings. The maximum absolute atomic E-state index is 7.74. The second kappa shape index (κ2) is 16.0. The molecular formula is C51H46O5P2. The lowest BCUT2D eigenvalue weighted by Crippen LogP contribution is -2.53. The number of benzene rings is 7. The van der Waals surface area contributed by atoms with Crippen molar-refractivity contribution in [3.05, 3.63) is 228 Å². The average molecular weight is 801 g/mol. The topological polar surface area (TPSA) is 46.2 Å². The molecule has 7 aromatic rings. The van der Waals surface area contributed by atoms with Gasteiger partial charge in [0.05, 0.1) is 0 Å². The smallest absolute Gasteiger partial charge is 0.399 e. The third kappa shape index (κ3) is 6.91. The van der Waals surface area contributed by atoms with Gasteiger partial charge in [-0.2, -0.15) is 0 Å². The van der Waals surface area contributed by atoms with Gasteiger partial charge in [-0.25, -0.2) is 0 Å². The van der Waals surface area contributed by atoms with E-state index in [4.69, 9.17) is 23.0 Å². The number of hydrogen-bond acceptors (Lipinski definition) is 5. The van der Waals surface area contributed by atoms with Crippen LogP contribution >= 0.6 is 16.5 Å². The second-order valence-electron chi connectivity index (χ2n) is 15.3. The minimum Gasteiger partial charge on any atom is -0.426 e. The summed E-state index contributed by atoms with van der Waals surface area (Å²) in [5.41, 5.74) is 3.28. The van der Waals surface area contributed by atoms with Crippen LogP contribution in [0.5, 0.6) is 5.75 Å². The van der Waals surface area contributed by atoms with E-state index in [1.807, 2.05) is 86.6 Å². The Labute approximate surface area is 344 Å². The van der Waals surface area contributed by atoms with Crippen LogP contribution in [-0.4, -0.2) is 18.0 Å². The SMILES string of the molecule is Cc1ccc(C)c(P(c2ccccc2)c2ccccc2)c1OP1OC(c2ccccc2)(c2ccccc2)[C@@H]2OC(C)(C)O[C@H]2C(c2ccccc2)(c2ccccc2)O1. The summed E-state index contributed by atoms with van der Waals surface area (Å²) in [6.07, 6.45) is -1.40. The molecule has 5 nitrogen and oxygen atoms in total. The lowest BCUT2D eigenvalue weighted by atomic mass is 9.72. The molecule has 0 unspecified atom stereocenters. The molecule has 0 aliphatic carbocycles. The van der Waals surface area contributed by atoms with E-state index in [1.54, 1.807) is 0 Å². The number of rotatable bonds is 9. The molecule has 58 heavy (non-hydrogen) atoms. The third-order valence-electron chi connectivity index (χ3n) is 11.1. The van der Waals surface area contributed by atoms with Crippen molar-refractivity contribution >= 4 is 32.4 Å². The van der Waals surface area contributed by atoms with Gasteiger partial charge >= 0.3 is 8.60 Å². The molecule has 2 saturated heterocycles. The third-order valence-corrected chi connectivity index (χ3v) is 14.9. The molecule has 2 fully saturated rings. The molecule has 7 aromatic carbocycles. The Bertz CT molecular complexity index is 2230. The van der Waals surface area contributed by atoms with Crippen LogP contribution in [0.1, 0.15) is 47.2 Å². The van der Waals surface area contributed by atoms with E-state index in [2.05, 4.69) is 135 Å². The molecular weight excluding hydrogens is 755 g/mol. The Hall–Kier alpha value is -4.96. The van der Waals surface area contributed by atoms with Crippen molar-refractivity contribution in [2.24, 2.45) is 0 Å². The zero-order valence-electron chi connectivity index (χ0n) is 33.1. The maximum atomic E-state index is 7.74. The van der Waals surface area contributed by atoms with Crippen molar-refractivity contribution in [3.63, 3.8) is 0 Å². The monoisotopic (exact) mass is 800 g/mol. The Morgan fingerprint density at radius 1 is 0.448 bits per heavy atom. The highest BCUT2D eigenvalue weighted by Crippen LogP contribution is 2.65. The molecule has 9 rings (SSSR count). The summed E-state index contributed by atoms with van der Waals surface area (Å²) in [7, 11) is -3.32. The Morgan fingerprint density at radius 2 is 0.776 bits per heavy atom. The lowest BCUT2D eigenvalue weighted by molar-refractivity contribution is -0.175. The summed E-state index contributed by atoms with van der Waals surface area (Å²) < 4.78 is 37.4. The zero-order valence-corrected chi connectivity index (χ0v) is 34.9. The van der Waals surface area contributed by atoms with Gasteiger partial charge in [0.25, 0.3) is 0 Å². The van der Waals surface area contributed by atoms with Gasteiger partial charge in [-0.1, -0.05) is 194 Å². The van der Waals surface area contributed by atoms with Crippen LogP contribution < -0.4 is 20.4 Å². The highest BCUT2D eigenvalue weighted by Gasteiger charge is 2.67. The van der Waals surface area contributed by atoms with Gasteiger partial charge < -0.3 is 14.0 Å². The molecule has 7 heteroatoms. The number of aryl methyl sites for hydroxylation is 2. The molecule has 0 aromatic heterocycles. The fraction of sp³-hybridized carbons (Fsp3) is 0.176. The molecule has 290 valence electrons. The average Bonchev–Trinajstić information content (AvgIpc) is 3.56. The van der Waals surface area contributed by atoms with Crippen molar-refractivity contribution in [2.75, 3.05) is 0 Å². The molecule has 0 bridgehead atoms. The summed E-state index contributed by atoms with van der Waals surface area (Å²) in [5, 5.41) is 3.57. The van der Waals surface area contributed by atoms with Gasteiger partial charge in [-0.15, -0.1) is 0 Å². The van der Waals surface area contributed by atoms with Gasteiger partial charge in [-0.3, -0.25) is 9.05 Å². The van der Waals surface area contributed by atoms with Crippen LogP contribution in [0.2, 0.25) is 0 Å². The first-order valence-electron chi connectivity index (χ1n) is 19.7. The highest BCUT2D eigenvalue weighted by molar-refractivity contribution is 7.80. The fourth-order valence-corrected chi connectivity index (χ4v) is 12.8. The van der Waals surface area contributed by atoms with E-state index >= 15 is 0 Å². The van der Waals surface area contributed by atoms with Crippen LogP contribution in [-0.2, 0) is 29.7 Å². The van der Waals surface area contributed by atoms with Crippen molar-refractivity contribution in [1.82, 2.24) is 0 Å². The van der Waals surface area contributed by atoms with Crippen LogP contribution in [0.15, 0.2) is 194 Å². The normalized spacial score (nSPS) is 19.6. The van der Waals surface area contributed by atoms with Gasteiger partial charge in [0.1, 0.15) is 18.0 Å². The molecule has 2 heterocycles.